The molecule has 0 amide bonds. The smallest absolute Gasteiger partial charge is 0.0279 e. The van der Waals surface area contributed by atoms with Crippen molar-refractivity contribution in [3.63, 3.8) is 0 Å². The van der Waals surface area contributed by atoms with Gasteiger partial charge < -0.3 is 0 Å². The Hall–Kier alpha value is -1.56. The average molecular weight is 339 g/mol. The fourth-order valence-electron chi connectivity index (χ4n) is 2.90. The second-order valence-electron chi connectivity index (χ2n) is 8.18. The van der Waals surface area contributed by atoms with Gasteiger partial charge >= 0.3 is 0 Å². The van der Waals surface area contributed by atoms with E-state index >= 15 is 0 Å². The second-order valence-corrected chi connectivity index (χ2v) is 8.18. The van der Waals surface area contributed by atoms with Gasteiger partial charge in [-0.25, -0.2) is 0 Å². The molecule has 0 aliphatic heterocycles. The van der Waals surface area contributed by atoms with E-state index < -0.39 is 0 Å². The summed E-state index contributed by atoms with van der Waals surface area (Å²) in [7, 11) is 0. The molecule has 138 valence electrons. The zero-order chi connectivity index (χ0) is 18.2. The summed E-state index contributed by atoms with van der Waals surface area (Å²) in [6, 6.07) is 22.9. The van der Waals surface area contributed by atoms with Crippen LogP contribution in [0.3, 0.4) is 0 Å². The lowest BCUT2D eigenvalue weighted by Crippen LogP contribution is -2.03. The van der Waals surface area contributed by atoms with Crippen LogP contribution in [0.25, 0.3) is 0 Å². The van der Waals surface area contributed by atoms with Crippen LogP contribution >= 0.6 is 0 Å². The van der Waals surface area contributed by atoms with Gasteiger partial charge in [0.15, 0.2) is 0 Å². The minimum absolute atomic E-state index is 0.523. The first-order chi connectivity index (χ1) is 12.1. The Morgan fingerprint density at radius 2 is 0.920 bits per heavy atom. The van der Waals surface area contributed by atoms with Crippen molar-refractivity contribution in [2.24, 2.45) is 5.41 Å². The standard InChI is InChI=1S/C19H32.C6H6/c1-19(2,3)17-13-8-6-4-5-7-10-14-18-15-11-9-12-16-18;1-2-4-6-5-3-1/h9,11-12,15-16H,4-8,10,13-14,17H2,1-3H3;1-6H. The van der Waals surface area contributed by atoms with Crippen LogP contribution in [0.15, 0.2) is 66.7 Å². The van der Waals surface area contributed by atoms with Gasteiger partial charge in [0, 0.05) is 0 Å². The Labute approximate surface area is 156 Å². The number of rotatable bonds is 9. The zero-order valence-electron chi connectivity index (χ0n) is 16.7. The van der Waals surface area contributed by atoms with Crippen molar-refractivity contribution in [2.75, 3.05) is 0 Å². The molecule has 0 aromatic heterocycles. The highest BCUT2D eigenvalue weighted by Crippen LogP contribution is 2.22. The maximum Gasteiger partial charge on any atom is -0.0279 e. The van der Waals surface area contributed by atoms with Gasteiger partial charge in [0.05, 0.1) is 0 Å². The highest BCUT2D eigenvalue weighted by Gasteiger charge is 2.08. The van der Waals surface area contributed by atoms with Crippen LogP contribution < -0.4 is 0 Å². The van der Waals surface area contributed by atoms with Gasteiger partial charge in [-0.15, -0.1) is 0 Å². The molecule has 0 fully saturated rings. The predicted molar refractivity (Wildman–Crippen MR) is 113 cm³/mol. The lowest BCUT2D eigenvalue weighted by molar-refractivity contribution is 0.356. The Bertz CT molecular complexity index is 466. The third-order valence-electron chi connectivity index (χ3n) is 4.40. The summed E-state index contributed by atoms with van der Waals surface area (Å²) in [6.07, 6.45) is 12.5. The van der Waals surface area contributed by atoms with Crippen LogP contribution in [0.5, 0.6) is 0 Å². The van der Waals surface area contributed by atoms with E-state index in [1.54, 1.807) is 0 Å². The Kier molecular flexibility index (Phi) is 11.8. The summed E-state index contributed by atoms with van der Waals surface area (Å²) >= 11 is 0. The minimum atomic E-state index is 0.523. The summed E-state index contributed by atoms with van der Waals surface area (Å²) in [5.74, 6) is 0. The molecule has 0 aliphatic carbocycles. The van der Waals surface area contributed by atoms with Crippen molar-refractivity contribution in [1.82, 2.24) is 0 Å². The van der Waals surface area contributed by atoms with Crippen LogP contribution in [0.2, 0.25) is 0 Å². The first kappa shape index (κ1) is 21.5. The molecule has 0 heterocycles. The quantitative estimate of drug-likeness (QED) is 0.405. The fraction of sp³-hybridized carbons (Fsp3) is 0.520. The molecule has 0 heteroatoms. The number of aryl methyl sites for hydroxylation is 1. The average Bonchev–Trinajstić information content (AvgIpc) is 2.62. The summed E-state index contributed by atoms with van der Waals surface area (Å²) in [6.45, 7) is 7.03. The number of hydrogen-bond acceptors (Lipinski definition) is 0. The van der Waals surface area contributed by atoms with Crippen LogP contribution in [0.1, 0.15) is 77.7 Å². The molecule has 0 bridgehead atoms. The molecule has 0 saturated heterocycles. The predicted octanol–water partition coefficient (Wildman–Crippen LogP) is 8.08. The second kappa shape index (κ2) is 13.7. The molecule has 0 N–H and O–H groups in total. The Morgan fingerprint density at radius 3 is 1.40 bits per heavy atom. The van der Waals surface area contributed by atoms with Crippen molar-refractivity contribution in [3.8, 4) is 0 Å². The van der Waals surface area contributed by atoms with Gasteiger partial charge in [0.25, 0.3) is 0 Å². The third-order valence-corrected chi connectivity index (χ3v) is 4.40. The maximum absolute atomic E-state index is 2.34. The summed E-state index contributed by atoms with van der Waals surface area (Å²) in [4.78, 5) is 0. The lowest BCUT2D eigenvalue weighted by Gasteiger charge is -2.17. The van der Waals surface area contributed by atoms with Gasteiger partial charge in [0.2, 0.25) is 0 Å². The Morgan fingerprint density at radius 1 is 0.520 bits per heavy atom. The zero-order valence-corrected chi connectivity index (χ0v) is 16.7. The van der Waals surface area contributed by atoms with E-state index in [0.717, 1.165) is 0 Å². The van der Waals surface area contributed by atoms with E-state index in [2.05, 4.69) is 51.1 Å². The molecular formula is C25H38. The summed E-state index contributed by atoms with van der Waals surface area (Å²) < 4.78 is 0. The van der Waals surface area contributed by atoms with Gasteiger partial charge in [-0.2, -0.15) is 0 Å². The van der Waals surface area contributed by atoms with Crippen molar-refractivity contribution >= 4 is 0 Å². The molecule has 0 unspecified atom stereocenters. The fourth-order valence-corrected chi connectivity index (χ4v) is 2.90. The maximum atomic E-state index is 2.34. The first-order valence-electron chi connectivity index (χ1n) is 10.1. The van der Waals surface area contributed by atoms with E-state index in [1.165, 1.54) is 63.4 Å². The highest BCUT2D eigenvalue weighted by atomic mass is 14.1. The van der Waals surface area contributed by atoms with Crippen molar-refractivity contribution in [2.45, 2.75) is 78.6 Å². The molecular weight excluding hydrogens is 300 g/mol. The van der Waals surface area contributed by atoms with E-state index in [-0.39, 0.29) is 0 Å². The van der Waals surface area contributed by atoms with Crippen LogP contribution in [0.4, 0.5) is 0 Å². The van der Waals surface area contributed by atoms with Gasteiger partial charge in [-0.1, -0.05) is 126 Å². The molecule has 0 spiro atoms. The Balaban J connectivity index is 0.000000435. The van der Waals surface area contributed by atoms with Crippen molar-refractivity contribution in [1.29, 1.82) is 0 Å². The normalized spacial score (nSPS) is 10.8. The highest BCUT2D eigenvalue weighted by molar-refractivity contribution is 5.14. The molecule has 2 aromatic carbocycles. The summed E-state index contributed by atoms with van der Waals surface area (Å²) in [5, 5.41) is 0. The molecule has 2 rings (SSSR count). The number of unbranched alkanes of at least 4 members (excludes halogenated alkanes) is 6. The van der Waals surface area contributed by atoms with Crippen molar-refractivity contribution in [3.05, 3.63) is 72.3 Å². The third kappa shape index (κ3) is 14.5. The topological polar surface area (TPSA) is 0 Å². The molecule has 0 saturated carbocycles. The molecule has 0 nitrogen and oxygen atoms in total. The minimum Gasteiger partial charge on any atom is -0.0623 e. The lowest BCUT2D eigenvalue weighted by atomic mass is 9.89. The largest absolute Gasteiger partial charge is 0.0623 e. The van der Waals surface area contributed by atoms with E-state index in [0.29, 0.717) is 5.41 Å². The van der Waals surface area contributed by atoms with E-state index in [1.807, 2.05) is 36.4 Å². The van der Waals surface area contributed by atoms with E-state index in [9.17, 15) is 0 Å². The van der Waals surface area contributed by atoms with Gasteiger partial charge in [-0.05, 0) is 30.2 Å². The van der Waals surface area contributed by atoms with Gasteiger partial charge in [-0.3, -0.25) is 0 Å². The van der Waals surface area contributed by atoms with E-state index in [4.69, 9.17) is 0 Å². The monoisotopic (exact) mass is 338 g/mol. The molecule has 25 heavy (non-hydrogen) atoms. The number of benzene rings is 2. The molecule has 2 aromatic rings. The van der Waals surface area contributed by atoms with Gasteiger partial charge in [0.1, 0.15) is 0 Å². The van der Waals surface area contributed by atoms with Crippen molar-refractivity contribution < 1.29 is 0 Å². The molecule has 0 atom stereocenters. The molecule has 0 aliphatic rings. The molecule has 0 radical (unpaired) electrons. The SMILES string of the molecule is CC(C)(C)CCCCCCCCCc1ccccc1.c1ccccc1. The van der Waals surface area contributed by atoms with Crippen LogP contribution in [-0.2, 0) is 6.42 Å². The summed E-state index contributed by atoms with van der Waals surface area (Å²) in [5.41, 5.74) is 2.02. The first-order valence-corrected chi connectivity index (χ1v) is 10.1. The van der Waals surface area contributed by atoms with Crippen LogP contribution in [0, 0.1) is 5.41 Å². The van der Waals surface area contributed by atoms with Crippen LogP contribution in [-0.4, -0.2) is 0 Å². The number of hydrogen-bond donors (Lipinski definition) is 0.